The Kier molecular flexibility index (Phi) is 9.96. The van der Waals surface area contributed by atoms with Crippen LogP contribution in [0.4, 0.5) is 0 Å². The molecule has 1 fully saturated rings. The molecule has 0 atom stereocenters. The first kappa shape index (κ1) is 26.4. The lowest BCUT2D eigenvalue weighted by Gasteiger charge is -2.33. The number of hydrogen-bond donors (Lipinski definition) is 1. The summed E-state index contributed by atoms with van der Waals surface area (Å²) in [5.41, 5.74) is 3.56. The normalized spacial score (nSPS) is 15.1. The van der Waals surface area contributed by atoms with Gasteiger partial charge in [0.1, 0.15) is 5.75 Å². The molecule has 6 nitrogen and oxygen atoms in total. The molecule has 1 aliphatic heterocycles. The lowest BCUT2D eigenvalue weighted by Crippen LogP contribution is -2.41. The largest absolute Gasteiger partial charge is 0.494 e. The Labute approximate surface area is 215 Å². The maximum Gasteiger partial charge on any atom is 0.248 e. The van der Waals surface area contributed by atoms with Crippen LogP contribution in [0, 0.1) is 6.92 Å². The van der Waals surface area contributed by atoms with Crippen molar-refractivity contribution in [1.82, 2.24) is 14.8 Å². The lowest BCUT2D eigenvalue weighted by atomic mass is 10.1. The summed E-state index contributed by atoms with van der Waals surface area (Å²) in [4.78, 5) is 19.5. The number of unbranched alkanes of at least 4 members (excludes halogenated alkanes) is 2. The molecule has 1 saturated heterocycles. The van der Waals surface area contributed by atoms with Crippen LogP contribution >= 0.6 is 0 Å². The number of hydrogen-bond acceptors (Lipinski definition) is 5. The molecule has 0 radical (unpaired) electrons. The molecule has 1 aliphatic rings. The smallest absolute Gasteiger partial charge is 0.248 e. The maximum atomic E-state index is 11.5. The van der Waals surface area contributed by atoms with Crippen molar-refractivity contribution in [3.63, 3.8) is 0 Å². The molecule has 1 aromatic heterocycles. The number of piperidine rings is 1. The molecule has 0 unspecified atom stereocenters. The summed E-state index contributed by atoms with van der Waals surface area (Å²) < 4.78 is 11.5. The monoisotopic (exact) mass is 491 g/mol. The van der Waals surface area contributed by atoms with Crippen molar-refractivity contribution in [2.24, 2.45) is 0 Å². The highest BCUT2D eigenvalue weighted by atomic mass is 16.5. The zero-order valence-corrected chi connectivity index (χ0v) is 21.9. The van der Waals surface area contributed by atoms with Crippen LogP contribution in [0.1, 0.15) is 43.2 Å². The standard InChI is InChI=1S/C30H41N3O3/c1-24-8-4-5-9-26(24)23-33(20-19-32-17-14-27(35-2)15-18-32)16-6-3-7-21-36-28-11-12-29-25(22-28)10-13-30(34)31-29/h4-5,8-13,22,27H,3,6-7,14-21,23H2,1-2H3,(H,31,34). The Balaban J connectivity index is 1.21. The van der Waals surface area contributed by atoms with Crippen molar-refractivity contribution in [1.29, 1.82) is 0 Å². The van der Waals surface area contributed by atoms with Crippen LogP contribution in [0.15, 0.2) is 59.4 Å². The molecule has 36 heavy (non-hydrogen) atoms. The van der Waals surface area contributed by atoms with Gasteiger partial charge in [-0.05, 0) is 81.0 Å². The second kappa shape index (κ2) is 13.6. The Hall–Kier alpha value is -2.67. The summed E-state index contributed by atoms with van der Waals surface area (Å²) in [6.45, 7) is 9.53. The van der Waals surface area contributed by atoms with Crippen molar-refractivity contribution in [3.8, 4) is 5.75 Å². The molecule has 2 aromatic carbocycles. The fourth-order valence-electron chi connectivity index (χ4n) is 4.98. The second-order valence-corrected chi connectivity index (χ2v) is 9.96. The Morgan fingerprint density at radius 2 is 1.83 bits per heavy atom. The highest BCUT2D eigenvalue weighted by Gasteiger charge is 2.19. The number of aromatic nitrogens is 1. The molecule has 3 aromatic rings. The third-order valence-electron chi connectivity index (χ3n) is 7.34. The summed E-state index contributed by atoms with van der Waals surface area (Å²) in [6, 6.07) is 18.0. The minimum absolute atomic E-state index is 0.0803. The first-order valence-corrected chi connectivity index (χ1v) is 13.4. The number of H-pyrrole nitrogens is 1. The number of nitrogens with one attached hydrogen (secondary N) is 1. The van der Waals surface area contributed by atoms with E-state index in [0.717, 1.165) is 81.6 Å². The number of ether oxygens (including phenoxy) is 2. The molecule has 0 aliphatic carbocycles. The third-order valence-corrected chi connectivity index (χ3v) is 7.34. The number of rotatable bonds is 13. The van der Waals surface area contributed by atoms with Gasteiger partial charge in [0.15, 0.2) is 0 Å². The second-order valence-electron chi connectivity index (χ2n) is 9.96. The molecule has 0 saturated carbocycles. The van der Waals surface area contributed by atoms with Crippen molar-refractivity contribution in [2.75, 3.05) is 46.4 Å². The van der Waals surface area contributed by atoms with Crippen molar-refractivity contribution in [3.05, 3.63) is 76.1 Å². The van der Waals surface area contributed by atoms with Crippen molar-refractivity contribution in [2.45, 2.75) is 51.7 Å². The molecule has 2 heterocycles. The van der Waals surface area contributed by atoms with Gasteiger partial charge < -0.3 is 19.4 Å². The van der Waals surface area contributed by atoms with E-state index in [1.165, 1.54) is 17.5 Å². The zero-order valence-electron chi connectivity index (χ0n) is 21.9. The number of aryl methyl sites for hydroxylation is 1. The Morgan fingerprint density at radius 3 is 2.64 bits per heavy atom. The van der Waals surface area contributed by atoms with E-state index in [2.05, 4.69) is 46.0 Å². The molecule has 194 valence electrons. The molecule has 0 bridgehead atoms. The minimum atomic E-state index is -0.0803. The van der Waals surface area contributed by atoms with E-state index in [0.29, 0.717) is 12.7 Å². The van der Waals surface area contributed by atoms with Gasteiger partial charge in [-0.2, -0.15) is 0 Å². The fraction of sp³-hybridized carbons (Fsp3) is 0.500. The number of aromatic amines is 1. The highest BCUT2D eigenvalue weighted by Crippen LogP contribution is 2.19. The van der Waals surface area contributed by atoms with E-state index < -0.39 is 0 Å². The van der Waals surface area contributed by atoms with Gasteiger partial charge in [-0.1, -0.05) is 24.3 Å². The van der Waals surface area contributed by atoms with Gasteiger partial charge >= 0.3 is 0 Å². The SMILES string of the molecule is COC1CCN(CCN(CCCCCOc2ccc3[nH]c(=O)ccc3c2)Cc2ccccc2C)CC1. The highest BCUT2D eigenvalue weighted by molar-refractivity contribution is 5.79. The van der Waals surface area contributed by atoms with Gasteiger partial charge in [0.2, 0.25) is 5.56 Å². The Morgan fingerprint density at radius 1 is 1.00 bits per heavy atom. The van der Waals surface area contributed by atoms with Gasteiger partial charge in [-0.3, -0.25) is 9.69 Å². The summed E-state index contributed by atoms with van der Waals surface area (Å²) in [5.74, 6) is 0.855. The van der Waals surface area contributed by atoms with E-state index in [4.69, 9.17) is 9.47 Å². The quantitative estimate of drug-likeness (QED) is 0.341. The zero-order chi connectivity index (χ0) is 25.2. The number of nitrogens with zero attached hydrogens (tertiary/aromatic N) is 2. The van der Waals surface area contributed by atoms with Crippen LogP contribution in [-0.2, 0) is 11.3 Å². The lowest BCUT2D eigenvalue weighted by molar-refractivity contribution is 0.0379. The molecular weight excluding hydrogens is 450 g/mol. The first-order chi connectivity index (χ1) is 17.6. The van der Waals surface area contributed by atoms with Crippen LogP contribution in [0.25, 0.3) is 10.9 Å². The molecule has 0 spiro atoms. The van der Waals surface area contributed by atoms with Gasteiger partial charge in [-0.25, -0.2) is 0 Å². The van der Waals surface area contributed by atoms with Gasteiger partial charge in [-0.15, -0.1) is 0 Å². The third kappa shape index (κ3) is 7.92. The van der Waals surface area contributed by atoms with Crippen LogP contribution in [0.2, 0.25) is 0 Å². The average Bonchev–Trinajstić information content (AvgIpc) is 2.90. The first-order valence-electron chi connectivity index (χ1n) is 13.4. The Bertz CT molecular complexity index is 1140. The molecule has 0 amide bonds. The van der Waals surface area contributed by atoms with E-state index in [-0.39, 0.29) is 5.56 Å². The van der Waals surface area contributed by atoms with E-state index >= 15 is 0 Å². The molecular formula is C30H41N3O3. The van der Waals surface area contributed by atoms with Crippen LogP contribution in [-0.4, -0.2) is 67.3 Å². The molecule has 1 N–H and O–H groups in total. The molecule has 6 heteroatoms. The minimum Gasteiger partial charge on any atom is -0.494 e. The number of pyridine rings is 1. The number of fused-ring (bicyclic) bond motifs is 1. The van der Waals surface area contributed by atoms with Crippen molar-refractivity contribution < 1.29 is 9.47 Å². The summed E-state index contributed by atoms with van der Waals surface area (Å²) in [6.07, 6.45) is 6.06. The van der Waals surface area contributed by atoms with Gasteiger partial charge in [0.25, 0.3) is 0 Å². The van der Waals surface area contributed by atoms with Gasteiger partial charge in [0, 0.05) is 56.8 Å². The predicted molar refractivity (Wildman–Crippen MR) is 147 cm³/mol. The van der Waals surface area contributed by atoms with Crippen LogP contribution in [0.5, 0.6) is 5.75 Å². The topological polar surface area (TPSA) is 57.8 Å². The van der Waals surface area contributed by atoms with Crippen molar-refractivity contribution >= 4 is 10.9 Å². The number of benzene rings is 2. The average molecular weight is 492 g/mol. The number of methoxy groups -OCH3 is 1. The molecule has 4 rings (SSSR count). The van der Waals surface area contributed by atoms with E-state index in [9.17, 15) is 4.79 Å². The van der Waals surface area contributed by atoms with Gasteiger partial charge in [0.05, 0.1) is 12.7 Å². The predicted octanol–water partition coefficient (Wildman–Crippen LogP) is 5.00. The number of likely N-dealkylation sites (tertiary alicyclic amines) is 1. The van der Waals surface area contributed by atoms with Crippen LogP contribution in [0.3, 0.4) is 0 Å². The maximum absolute atomic E-state index is 11.5. The van der Waals surface area contributed by atoms with E-state index in [1.807, 2.05) is 31.4 Å². The summed E-state index contributed by atoms with van der Waals surface area (Å²) in [5, 5.41) is 0.991. The summed E-state index contributed by atoms with van der Waals surface area (Å²) >= 11 is 0. The fourth-order valence-corrected chi connectivity index (χ4v) is 4.98. The van der Waals surface area contributed by atoms with E-state index in [1.54, 1.807) is 6.07 Å². The summed E-state index contributed by atoms with van der Waals surface area (Å²) in [7, 11) is 1.83. The van der Waals surface area contributed by atoms with Crippen LogP contribution < -0.4 is 10.3 Å².